The summed E-state index contributed by atoms with van der Waals surface area (Å²) in [7, 11) is 0. The maximum atomic E-state index is 3.55. The van der Waals surface area contributed by atoms with Gasteiger partial charge in [0.05, 0.1) is 0 Å². The molecule has 1 aromatic rings. The summed E-state index contributed by atoms with van der Waals surface area (Å²) in [6, 6.07) is 0. The molecule has 0 fully saturated rings. The first-order valence-corrected chi connectivity index (χ1v) is 6.85. The van der Waals surface area contributed by atoms with Crippen molar-refractivity contribution in [2.45, 2.75) is 26.7 Å². The van der Waals surface area contributed by atoms with Gasteiger partial charge in [-0.15, -0.1) is 0 Å². The van der Waals surface area contributed by atoms with Gasteiger partial charge in [0.15, 0.2) is 0 Å². The molecule has 1 heterocycles. The summed E-state index contributed by atoms with van der Waals surface area (Å²) in [6.07, 6.45) is 2.40. The van der Waals surface area contributed by atoms with Gasteiger partial charge >= 0.3 is 0 Å². The molecule has 0 aliphatic heterocycles. The summed E-state index contributed by atoms with van der Waals surface area (Å²) in [6.45, 7) is 6.73. The normalized spacial score (nSPS) is 11.1. The topological polar surface area (TPSA) is 12.0 Å². The third-order valence-corrected chi connectivity index (χ3v) is 3.87. The zero-order valence-corrected chi connectivity index (χ0v) is 11.2. The van der Waals surface area contributed by atoms with E-state index in [4.69, 9.17) is 0 Å². The van der Waals surface area contributed by atoms with Crippen LogP contribution in [0.25, 0.3) is 0 Å². The second-order valence-electron chi connectivity index (χ2n) is 3.95. The number of rotatable bonds is 6. The van der Waals surface area contributed by atoms with E-state index in [1.54, 1.807) is 11.3 Å². The van der Waals surface area contributed by atoms with E-state index < -0.39 is 0 Å². The van der Waals surface area contributed by atoms with Crippen molar-refractivity contribution < 1.29 is 0 Å². The second-order valence-corrected chi connectivity index (χ2v) is 5.54. The van der Waals surface area contributed by atoms with Gasteiger partial charge in [-0.25, -0.2) is 0 Å². The van der Waals surface area contributed by atoms with Crippen molar-refractivity contribution in [1.82, 2.24) is 5.32 Å². The molecule has 14 heavy (non-hydrogen) atoms. The first-order valence-electron chi connectivity index (χ1n) is 5.11. The van der Waals surface area contributed by atoms with E-state index in [0.29, 0.717) is 0 Å². The number of hydrogen-bond acceptors (Lipinski definition) is 2. The highest BCUT2D eigenvalue weighted by Gasteiger charge is 2.00. The van der Waals surface area contributed by atoms with Gasteiger partial charge in [0.25, 0.3) is 0 Å². The molecule has 0 radical (unpaired) electrons. The zero-order chi connectivity index (χ0) is 10.4. The molecule has 0 saturated heterocycles. The third-order valence-electron chi connectivity index (χ3n) is 2.04. The van der Waals surface area contributed by atoms with Gasteiger partial charge < -0.3 is 5.32 Å². The lowest BCUT2D eigenvalue weighted by atomic mass is 10.2. The van der Waals surface area contributed by atoms with Gasteiger partial charge in [0.2, 0.25) is 0 Å². The molecular weight excluding hydrogens is 258 g/mol. The Kier molecular flexibility index (Phi) is 5.75. The molecule has 0 saturated carbocycles. The van der Waals surface area contributed by atoms with E-state index in [1.807, 2.05) is 0 Å². The van der Waals surface area contributed by atoms with Crippen molar-refractivity contribution in [3.63, 3.8) is 0 Å². The molecule has 1 aromatic heterocycles. The minimum atomic E-state index is 0.753. The number of halogens is 1. The van der Waals surface area contributed by atoms with Gasteiger partial charge in [-0.3, -0.25) is 0 Å². The molecule has 0 aromatic carbocycles. The van der Waals surface area contributed by atoms with Crippen molar-refractivity contribution >= 4 is 27.3 Å². The lowest BCUT2D eigenvalue weighted by Gasteiger charge is -2.06. The Labute approximate surface area is 99.0 Å². The number of hydrogen-bond donors (Lipinski definition) is 1. The van der Waals surface area contributed by atoms with Crippen LogP contribution < -0.4 is 5.32 Å². The Morgan fingerprint density at radius 1 is 1.43 bits per heavy atom. The highest BCUT2D eigenvalue weighted by Crippen LogP contribution is 2.22. The molecule has 0 atom stereocenters. The van der Waals surface area contributed by atoms with E-state index in [9.17, 15) is 0 Å². The van der Waals surface area contributed by atoms with Crippen molar-refractivity contribution in [3.05, 3.63) is 20.8 Å². The predicted octanol–water partition coefficient (Wildman–Crippen LogP) is 3.69. The molecule has 80 valence electrons. The van der Waals surface area contributed by atoms with Crippen LogP contribution in [0.5, 0.6) is 0 Å². The SMILES string of the molecule is CC(C)CNCCCc1cscc1Br. The standard InChI is InChI=1S/C11H18BrNS/c1-9(2)6-13-5-3-4-10-7-14-8-11(10)12/h7-9,13H,3-6H2,1-2H3. The Bertz CT molecular complexity index is 258. The Balaban J connectivity index is 2.08. The van der Waals surface area contributed by atoms with Gasteiger partial charge in [0, 0.05) is 9.85 Å². The van der Waals surface area contributed by atoms with Crippen molar-refractivity contribution in [2.75, 3.05) is 13.1 Å². The molecule has 1 rings (SSSR count). The van der Waals surface area contributed by atoms with Gasteiger partial charge in [-0.1, -0.05) is 13.8 Å². The minimum absolute atomic E-state index is 0.753. The third kappa shape index (κ3) is 4.58. The Morgan fingerprint density at radius 3 is 2.79 bits per heavy atom. The monoisotopic (exact) mass is 275 g/mol. The molecule has 0 amide bonds. The maximum absolute atomic E-state index is 3.55. The maximum Gasteiger partial charge on any atom is 0.0314 e. The Morgan fingerprint density at radius 2 is 2.21 bits per heavy atom. The first-order chi connectivity index (χ1) is 6.70. The summed E-state index contributed by atoms with van der Waals surface area (Å²) in [5, 5.41) is 7.83. The highest BCUT2D eigenvalue weighted by atomic mass is 79.9. The lowest BCUT2D eigenvalue weighted by molar-refractivity contribution is 0.543. The molecular formula is C11H18BrNS. The molecule has 0 bridgehead atoms. The van der Waals surface area contributed by atoms with E-state index in [1.165, 1.54) is 22.9 Å². The van der Waals surface area contributed by atoms with Gasteiger partial charge in [-0.05, 0) is 58.7 Å². The predicted molar refractivity (Wildman–Crippen MR) is 68.0 cm³/mol. The van der Waals surface area contributed by atoms with Crippen LogP contribution in [0.2, 0.25) is 0 Å². The van der Waals surface area contributed by atoms with Crippen LogP contribution in [-0.2, 0) is 6.42 Å². The zero-order valence-electron chi connectivity index (χ0n) is 8.85. The molecule has 3 heteroatoms. The number of nitrogens with one attached hydrogen (secondary N) is 1. The average molecular weight is 276 g/mol. The van der Waals surface area contributed by atoms with Gasteiger partial charge in [-0.2, -0.15) is 11.3 Å². The summed E-state index contributed by atoms with van der Waals surface area (Å²) < 4.78 is 1.27. The van der Waals surface area contributed by atoms with Crippen molar-refractivity contribution in [3.8, 4) is 0 Å². The summed E-state index contributed by atoms with van der Waals surface area (Å²) >= 11 is 5.32. The molecule has 0 aliphatic rings. The summed E-state index contributed by atoms with van der Waals surface area (Å²) in [5.74, 6) is 0.753. The summed E-state index contributed by atoms with van der Waals surface area (Å²) in [4.78, 5) is 0. The second kappa shape index (κ2) is 6.59. The largest absolute Gasteiger partial charge is 0.316 e. The summed E-state index contributed by atoms with van der Waals surface area (Å²) in [5.41, 5.74) is 1.45. The smallest absolute Gasteiger partial charge is 0.0314 e. The fourth-order valence-electron chi connectivity index (χ4n) is 1.28. The van der Waals surface area contributed by atoms with Crippen LogP contribution in [0.15, 0.2) is 15.2 Å². The highest BCUT2D eigenvalue weighted by molar-refractivity contribution is 9.10. The fraction of sp³-hybridized carbons (Fsp3) is 0.636. The van der Waals surface area contributed by atoms with Gasteiger partial charge in [0.1, 0.15) is 0 Å². The van der Waals surface area contributed by atoms with Crippen LogP contribution in [0.1, 0.15) is 25.8 Å². The van der Waals surface area contributed by atoms with Crippen molar-refractivity contribution in [1.29, 1.82) is 0 Å². The minimum Gasteiger partial charge on any atom is -0.316 e. The average Bonchev–Trinajstić information content (AvgIpc) is 2.51. The first kappa shape index (κ1) is 12.2. The lowest BCUT2D eigenvalue weighted by Crippen LogP contribution is -2.21. The molecule has 0 spiro atoms. The molecule has 0 unspecified atom stereocenters. The van der Waals surface area contributed by atoms with E-state index >= 15 is 0 Å². The molecule has 0 aliphatic carbocycles. The van der Waals surface area contributed by atoms with Crippen LogP contribution in [0.3, 0.4) is 0 Å². The van der Waals surface area contributed by atoms with Crippen LogP contribution in [0.4, 0.5) is 0 Å². The van der Waals surface area contributed by atoms with E-state index in [0.717, 1.165) is 19.0 Å². The fourth-order valence-corrected chi connectivity index (χ4v) is 2.82. The Hall–Kier alpha value is 0.140. The number of thiophene rings is 1. The number of aryl methyl sites for hydroxylation is 1. The van der Waals surface area contributed by atoms with E-state index in [2.05, 4.69) is 45.9 Å². The van der Waals surface area contributed by atoms with Crippen LogP contribution in [-0.4, -0.2) is 13.1 Å². The van der Waals surface area contributed by atoms with Crippen LogP contribution >= 0.6 is 27.3 Å². The van der Waals surface area contributed by atoms with Crippen LogP contribution in [0, 0.1) is 5.92 Å². The van der Waals surface area contributed by atoms with E-state index in [-0.39, 0.29) is 0 Å². The van der Waals surface area contributed by atoms with Crippen molar-refractivity contribution in [2.24, 2.45) is 5.92 Å². The quantitative estimate of drug-likeness (QED) is 0.781. The molecule has 1 N–H and O–H groups in total. The molecule has 1 nitrogen and oxygen atoms in total.